The summed E-state index contributed by atoms with van der Waals surface area (Å²) in [5.74, 6) is 0.578. The number of guanidine groups is 1. The summed E-state index contributed by atoms with van der Waals surface area (Å²) in [4.78, 5) is 7.06. The smallest absolute Gasteiger partial charge is 0.188 e. The highest BCUT2D eigenvalue weighted by molar-refractivity contribution is 5.78. The number of likely N-dealkylation sites (N-methyl/N-ethyl adjacent to an activating group) is 1. The minimum Gasteiger partial charge on any atom is -0.378 e. The minimum absolute atomic E-state index is 0.0602. The van der Waals surface area contributed by atoms with Gasteiger partial charge < -0.3 is 15.8 Å². The predicted octanol–water partition coefficient (Wildman–Crippen LogP) is 1.58. The standard InChI is InChI=1S/C16H32N4O/c1-6-20-9-7-8-12(20)11-18-14(17)19-13-10-16(4,21-5)15(13,2)3/h12-13H,6-11H2,1-5H3,(H3,17,18,19). The van der Waals surface area contributed by atoms with Gasteiger partial charge in [-0.3, -0.25) is 9.89 Å². The quantitative estimate of drug-likeness (QED) is 0.597. The van der Waals surface area contributed by atoms with Crippen LogP contribution in [-0.4, -0.2) is 55.3 Å². The molecule has 1 saturated heterocycles. The molecule has 0 aromatic rings. The lowest BCUT2D eigenvalue weighted by molar-refractivity contribution is -0.176. The zero-order valence-electron chi connectivity index (χ0n) is 14.3. The molecule has 1 heterocycles. The van der Waals surface area contributed by atoms with Gasteiger partial charge in [-0.15, -0.1) is 0 Å². The van der Waals surface area contributed by atoms with Crippen molar-refractivity contribution in [3.05, 3.63) is 0 Å². The van der Waals surface area contributed by atoms with Gasteiger partial charge in [0.05, 0.1) is 12.1 Å². The van der Waals surface area contributed by atoms with Crippen LogP contribution in [-0.2, 0) is 4.74 Å². The van der Waals surface area contributed by atoms with Gasteiger partial charge in [0.25, 0.3) is 0 Å². The van der Waals surface area contributed by atoms with Crippen molar-refractivity contribution < 1.29 is 4.74 Å². The van der Waals surface area contributed by atoms with Crippen molar-refractivity contribution in [1.82, 2.24) is 10.2 Å². The summed E-state index contributed by atoms with van der Waals surface area (Å²) in [6.07, 6.45) is 3.49. The van der Waals surface area contributed by atoms with E-state index in [2.05, 4.69) is 42.9 Å². The van der Waals surface area contributed by atoms with Crippen molar-refractivity contribution in [2.24, 2.45) is 16.1 Å². The molecule has 5 nitrogen and oxygen atoms in total. The average Bonchev–Trinajstić information content (AvgIpc) is 2.91. The van der Waals surface area contributed by atoms with Gasteiger partial charge in [-0.05, 0) is 39.3 Å². The molecule has 3 atom stereocenters. The van der Waals surface area contributed by atoms with E-state index >= 15 is 0 Å². The van der Waals surface area contributed by atoms with E-state index in [-0.39, 0.29) is 11.0 Å². The molecule has 3 unspecified atom stereocenters. The molecule has 21 heavy (non-hydrogen) atoms. The van der Waals surface area contributed by atoms with Crippen molar-refractivity contribution in [3.63, 3.8) is 0 Å². The maximum atomic E-state index is 6.08. The van der Waals surface area contributed by atoms with E-state index in [1.165, 1.54) is 19.4 Å². The second kappa shape index (κ2) is 6.13. The molecule has 0 aromatic heterocycles. The van der Waals surface area contributed by atoms with Crippen molar-refractivity contribution >= 4 is 5.96 Å². The number of methoxy groups -OCH3 is 1. The van der Waals surface area contributed by atoms with E-state index in [1.807, 2.05) is 0 Å². The van der Waals surface area contributed by atoms with Crippen molar-refractivity contribution in [3.8, 4) is 0 Å². The van der Waals surface area contributed by atoms with E-state index in [0.717, 1.165) is 19.5 Å². The van der Waals surface area contributed by atoms with E-state index in [9.17, 15) is 0 Å². The lowest BCUT2D eigenvalue weighted by Gasteiger charge is -2.59. The molecule has 2 fully saturated rings. The molecule has 3 N–H and O–H groups in total. The number of nitrogens with two attached hydrogens (primary N) is 1. The normalized spacial score (nSPS) is 36.5. The summed E-state index contributed by atoms with van der Waals surface area (Å²) >= 11 is 0. The minimum atomic E-state index is -0.0740. The fourth-order valence-electron chi connectivity index (χ4n) is 3.67. The number of likely N-dealkylation sites (tertiary alicyclic amines) is 1. The summed E-state index contributed by atoms with van der Waals surface area (Å²) < 4.78 is 5.64. The van der Waals surface area contributed by atoms with Gasteiger partial charge in [-0.2, -0.15) is 0 Å². The number of hydrogen-bond donors (Lipinski definition) is 2. The molecular formula is C16H32N4O. The van der Waals surface area contributed by atoms with Gasteiger partial charge in [-0.25, -0.2) is 0 Å². The van der Waals surface area contributed by atoms with Crippen LogP contribution < -0.4 is 11.1 Å². The Hall–Kier alpha value is -0.810. The highest BCUT2D eigenvalue weighted by Crippen LogP contribution is 2.51. The maximum absolute atomic E-state index is 6.08. The number of aliphatic imine (C=N–C) groups is 1. The maximum Gasteiger partial charge on any atom is 0.188 e. The Morgan fingerprint density at radius 1 is 1.43 bits per heavy atom. The van der Waals surface area contributed by atoms with Crippen molar-refractivity contribution in [1.29, 1.82) is 0 Å². The molecule has 1 aliphatic heterocycles. The lowest BCUT2D eigenvalue weighted by Crippen LogP contribution is -2.69. The molecule has 2 rings (SSSR count). The van der Waals surface area contributed by atoms with E-state index < -0.39 is 0 Å². The molecular weight excluding hydrogens is 264 g/mol. The zero-order valence-corrected chi connectivity index (χ0v) is 14.3. The van der Waals surface area contributed by atoms with Crippen LogP contribution >= 0.6 is 0 Å². The van der Waals surface area contributed by atoms with E-state index in [4.69, 9.17) is 10.5 Å². The monoisotopic (exact) mass is 296 g/mol. The average molecular weight is 296 g/mol. The SMILES string of the molecule is CCN1CCCC1CN=C(N)NC1CC(C)(OC)C1(C)C. The number of nitrogens with zero attached hydrogens (tertiary/aromatic N) is 2. The highest BCUT2D eigenvalue weighted by atomic mass is 16.5. The second-order valence-electron chi connectivity index (χ2n) is 7.21. The van der Waals surface area contributed by atoms with Crippen LogP contribution in [0.5, 0.6) is 0 Å². The molecule has 2 aliphatic rings. The topological polar surface area (TPSA) is 62.9 Å². The fraction of sp³-hybridized carbons (Fsp3) is 0.938. The summed E-state index contributed by atoms with van der Waals surface area (Å²) in [6, 6.07) is 0.894. The third kappa shape index (κ3) is 3.04. The van der Waals surface area contributed by atoms with E-state index in [0.29, 0.717) is 18.0 Å². The van der Waals surface area contributed by atoms with Crippen molar-refractivity contribution in [2.45, 2.75) is 64.6 Å². The first-order valence-electron chi connectivity index (χ1n) is 8.19. The lowest BCUT2D eigenvalue weighted by atomic mass is 9.56. The number of hydrogen-bond acceptors (Lipinski definition) is 3. The van der Waals surface area contributed by atoms with Gasteiger partial charge in [0.2, 0.25) is 0 Å². The van der Waals surface area contributed by atoms with Crippen LogP contribution in [0.25, 0.3) is 0 Å². The van der Waals surface area contributed by atoms with Crippen LogP contribution in [0.15, 0.2) is 4.99 Å². The van der Waals surface area contributed by atoms with Crippen LogP contribution in [0.3, 0.4) is 0 Å². The van der Waals surface area contributed by atoms with Crippen LogP contribution in [0, 0.1) is 5.41 Å². The molecule has 5 heteroatoms. The zero-order chi connectivity index (χ0) is 15.7. The van der Waals surface area contributed by atoms with Gasteiger partial charge in [0, 0.05) is 24.6 Å². The first-order valence-corrected chi connectivity index (χ1v) is 8.19. The molecule has 1 aliphatic carbocycles. The Morgan fingerprint density at radius 2 is 2.14 bits per heavy atom. The Bertz CT molecular complexity index is 396. The van der Waals surface area contributed by atoms with Gasteiger partial charge >= 0.3 is 0 Å². The molecule has 0 bridgehead atoms. The van der Waals surface area contributed by atoms with Gasteiger partial charge in [0.1, 0.15) is 0 Å². The molecule has 1 saturated carbocycles. The third-order valence-corrected chi connectivity index (χ3v) is 5.98. The largest absolute Gasteiger partial charge is 0.378 e. The number of ether oxygens (including phenoxy) is 1. The molecule has 0 spiro atoms. The Labute approximate surface area is 129 Å². The summed E-state index contributed by atoms with van der Waals surface area (Å²) in [5.41, 5.74) is 6.07. The number of rotatable bonds is 5. The molecule has 0 aromatic carbocycles. The van der Waals surface area contributed by atoms with Crippen LogP contribution in [0.2, 0.25) is 0 Å². The Balaban J connectivity index is 1.85. The summed E-state index contributed by atoms with van der Waals surface area (Å²) in [6.45, 7) is 11.9. The Kier molecular flexibility index (Phi) is 4.83. The van der Waals surface area contributed by atoms with Crippen LogP contribution in [0.4, 0.5) is 0 Å². The highest BCUT2D eigenvalue weighted by Gasteiger charge is 2.57. The third-order valence-electron chi connectivity index (χ3n) is 5.98. The number of nitrogens with one attached hydrogen (secondary N) is 1. The molecule has 122 valence electrons. The molecule has 0 radical (unpaired) electrons. The first-order chi connectivity index (χ1) is 9.84. The van der Waals surface area contributed by atoms with Crippen molar-refractivity contribution in [2.75, 3.05) is 26.7 Å². The van der Waals surface area contributed by atoms with Gasteiger partial charge in [-0.1, -0.05) is 20.8 Å². The predicted molar refractivity (Wildman–Crippen MR) is 87.5 cm³/mol. The summed E-state index contributed by atoms with van der Waals surface area (Å²) in [5, 5.41) is 3.38. The fourth-order valence-corrected chi connectivity index (χ4v) is 3.67. The van der Waals surface area contributed by atoms with Gasteiger partial charge in [0.15, 0.2) is 5.96 Å². The second-order valence-corrected chi connectivity index (χ2v) is 7.21. The first kappa shape index (κ1) is 16.6. The summed E-state index contributed by atoms with van der Waals surface area (Å²) in [7, 11) is 1.79. The van der Waals surface area contributed by atoms with Crippen LogP contribution in [0.1, 0.15) is 47.0 Å². The van der Waals surface area contributed by atoms with E-state index in [1.54, 1.807) is 7.11 Å². The molecule has 0 amide bonds. The Morgan fingerprint density at radius 3 is 2.71 bits per heavy atom.